The Bertz CT molecular complexity index is 615. The van der Waals surface area contributed by atoms with Gasteiger partial charge in [0.05, 0.1) is 12.9 Å². The zero-order chi connectivity index (χ0) is 17.2. The van der Waals surface area contributed by atoms with Gasteiger partial charge in [-0.15, -0.1) is 0 Å². The van der Waals surface area contributed by atoms with Crippen molar-refractivity contribution in [1.82, 2.24) is 19.4 Å². The molecule has 1 aromatic rings. The molecule has 0 N–H and O–H groups in total. The van der Waals surface area contributed by atoms with Crippen LogP contribution in [0.25, 0.3) is 0 Å². The first-order chi connectivity index (χ1) is 11.5. The van der Waals surface area contributed by atoms with Crippen molar-refractivity contribution in [3.8, 4) is 0 Å². The number of rotatable bonds is 4. The molecule has 7 nitrogen and oxygen atoms in total. The average Bonchev–Trinajstić information content (AvgIpc) is 3.02. The van der Waals surface area contributed by atoms with Gasteiger partial charge >= 0.3 is 0 Å². The second-order valence-corrected chi connectivity index (χ2v) is 7.06. The van der Waals surface area contributed by atoms with E-state index in [1.807, 2.05) is 16.8 Å². The molecule has 1 spiro atoms. The van der Waals surface area contributed by atoms with Gasteiger partial charge in [-0.1, -0.05) is 0 Å². The number of hydrogen-bond donors (Lipinski definition) is 0. The summed E-state index contributed by atoms with van der Waals surface area (Å²) in [5.41, 5.74) is 0.516. The van der Waals surface area contributed by atoms with Gasteiger partial charge < -0.3 is 19.1 Å². The van der Waals surface area contributed by atoms with Crippen molar-refractivity contribution < 1.29 is 14.3 Å². The third-order valence-corrected chi connectivity index (χ3v) is 5.19. The van der Waals surface area contributed by atoms with Gasteiger partial charge in [0.2, 0.25) is 5.91 Å². The highest BCUT2D eigenvalue weighted by Gasteiger charge is 2.42. The van der Waals surface area contributed by atoms with Crippen LogP contribution in [-0.4, -0.2) is 71.1 Å². The normalized spacial score (nSPS) is 24.7. The van der Waals surface area contributed by atoms with Crippen molar-refractivity contribution in [3.63, 3.8) is 0 Å². The molecule has 132 valence electrons. The minimum atomic E-state index is -0.00461. The van der Waals surface area contributed by atoms with E-state index in [0.717, 1.165) is 32.4 Å². The molecule has 24 heavy (non-hydrogen) atoms. The van der Waals surface area contributed by atoms with Gasteiger partial charge in [0.1, 0.15) is 5.69 Å². The molecule has 2 fully saturated rings. The van der Waals surface area contributed by atoms with Crippen molar-refractivity contribution in [2.24, 2.45) is 12.5 Å². The SMILES string of the molecule is COCCN1C[C@@]2(CCCN(C(=O)c3cn(C)cn3)C2)CCC1=O. The van der Waals surface area contributed by atoms with Crippen LogP contribution in [0.4, 0.5) is 0 Å². The topological polar surface area (TPSA) is 67.7 Å². The monoisotopic (exact) mass is 334 g/mol. The lowest BCUT2D eigenvalue weighted by atomic mass is 9.73. The van der Waals surface area contributed by atoms with E-state index in [-0.39, 0.29) is 17.2 Å². The van der Waals surface area contributed by atoms with E-state index < -0.39 is 0 Å². The standard InChI is InChI=1S/C17H26N4O3/c1-19-10-14(18-13-19)16(23)21-7-3-5-17(12-21)6-4-15(22)20(11-17)8-9-24-2/h10,13H,3-9,11-12H2,1-2H3/t17-/m1/s1. The Morgan fingerprint density at radius 2 is 2.21 bits per heavy atom. The van der Waals surface area contributed by atoms with Crippen LogP contribution in [0, 0.1) is 5.41 Å². The first-order valence-corrected chi connectivity index (χ1v) is 8.57. The maximum absolute atomic E-state index is 12.7. The number of piperidine rings is 2. The molecule has 2 saturated heterocycles. The zero-order valence-corrected chi connectivity index (χ0v) is 14.5. The van der Waals surface area contributed by atoms with Crippen LogP contribution < -0.4 is 0 Å². The largest absolute Gasteiger partial charge is 0.383 e. The molecule has 3 rings (SSSR count). The number of amides is 2. The first kappa shape index (κ1) is 17.0. The second kappa shape index (κ2) is 6.93. The predicted octanol–water partition coefficient (Wildman–Crippen LogP) is 0.911. The van der Waals surface area contributed by atoms with Crippen molar-refractivity contribution >= 4 is 11.8 Å². The Labute approximate surface area is 142 Å². The lowest BCUT2D eigenvalue weighted by molar-refractivity contribution is -0.139. The first-order valence-electron chi connectivity index (χ1n) is 8.57. The predicted molar refractivity (Wildman–Crippen MR) is 88.5 cm³/mol. The van der Waals surface area contributed by atoms with E-state index in [4.69, 9.17) is 4.74 Å². The third kappa shape index (κ3) is 3.45. The van der Waals surface area contributed by atoms with Gasteiger partial charge in [0.15, 0.2) is 0 Å². The number of nitrogens with zero attached hydrogens (tertiary/aromatic N) is 4. The lowest BCUT2D eigenvalue weighted by Gasteiger charge is -2.48. The fourth-order valence-corrected chi connectivity index (χ4v) is 3.91. The van der Waals surface area contributed by atoms with E-state index >= 15 is 0 Å². The second-order valence-electron chi connectivity index (χ2n) is 7.06. The molecule has 2 amide bonds. The molecule has 1 atom stereocenters. The molecule has 0 aromatic carbocycles. The third-order valence-electron chi connectivity index (χ3n) is 5.19. The number of ether oxygens (including phenoxy) is 1. The highest BCUT2D eigenvalue weighted by atomic mass is 16.5. The zero-order valence-electron chi connectivity index (χ0n) is 14.5. The van der Waals surface area contributed by atoms with Gasteiger partial charge in [0, 0.05) is 58.4 Å². The number of aromatic nitrogens is 2. The number of carbonyl (C=O) groups excluding carboxylic acids is 2. The number of carbonyl (C=O) groups is 2. The summed E-state index contributed by atoms with van der Waals surface area (Å²) in [5.74, 6) is 0.195. The van der Waals surface area contributed by atoms with E-state index in [0.29, 0.717) is 31.8 Å². The maximum atomic E-state index is 12.7. The number of methoxy groups -OCH3 is 1. The minimum absolute atomic E-state index is 0.00461. The highest BCUT2D eigenvalue weighted by molar-refractivity contribution is 5.92. The fourth-order valence-electron chi connectivity index (χ4n) is 3.91. The molecule has 0 radical (unpaired) electrons. The summed E-state index contributed by atoms with van der Waals surface area (Å²) in [6.45, 7) is 3.38. The molecule has 3 heterocycles. The molecule has 0 bridgehead atoms. The van der Waals surface area contributed by atoms with E-state index in [2.05, 4.69) is 4.98 Å². The van der Waals surface area contributed by atoms with Crippen LogP contribution in [0.5, 0.6) is 0 Å². The Morgan fingerprint density at radius 1 is 1.38 bits per heavy atom. The molecule has 0 aliphatic carbocycles. The maximum Gasteiger partial charge on any atom is 0.274 e. The van der Waals surface area contributed by atoms with Gasteiger partial charge in [-0.2, -0.15) is 0 Å². The minimum Gasteiger partial charge on any atom is -0.383 e. The molecular formula is C17H26N4O3. The summed E-state index contributed by atoms with van der Waals surface area (Å²) in [6, 6.07) is 0. The van der Waals surface area contributed by atoms with Gasteiger partial charge in [-0.3, -0.25) is 9.59 Å². The lowest BCUT2D eigenvalue weighted by Crippen LogP contribution is -2.55. The molecule has 0 saturated carbocycles. The summed E-state index contributed by atoms with van der Waals surface area (Å²) in [5, 5.41) is 0. The molecular weight excluding hydrogens is 308 g/mol. The smallest absolute Gasteiger partial charge is 0.274 e. The van der Waals surface area contributed by atoms with Crippen molar-refractivity contribution in [2.45, 2.75) is 25.7 Å². The van der Waals surface area contributed by atoms with Crippen LogP contribution in [0.2, 0.25) is 0 Å². The van der Waals surface area contributed by atoms with E-state index in [1.165, 1.54) is 0 Å². The van der Waals surface area contributed by atoms with Crippen molar-refractivity contribution in [1.29, 1.82) is 0 Å². The van der Waals surface area contributed by atoms with Crippen molar-refractivity contribution in [2.75, 3.05) is 39.9 Å². The Balaban J connectivity index is 1.69. The van der Waals surface area contributed by atoms with Crippen LogP contribution >= 0.6 is 0 Å². The fraction of sp³-hybridized carbons (Fsp3) is 0.706. The van der Waals surface area contributed by atoms with Crippen LogP contribution in [-0.2, 0) is 16.6 Å². The summed E-state index contributed by atoms with van der Waals surface area (Å²) < 4.78 is 6.91. The average molecular weight is 334 g/mol. The summed E-state index contributed by atoms with van der Waals surface area (Å²) in [4.78, 5) is 32.8. The number of imidazole rings is 1. The summed E-state index contributed by atoms with van der Waals surface area (Å²) in [7, 11) is 3.51. The molecule has 1 aromatic heterocycles. The molecule has 0 unspecified atom stereocenters. The number of hydrogen-bond acceptors (Lipinski definition) is 4. The number of likely N-dealkylation sites (tertiary alicyclic amines) is 2. The summed E-state index contributed by atoms with van der Waals surface area (Å²) in [6.07, 6.45) is 6.88. The Kier molecular flexibility index (Phi) is 4.89. The van der Waals surface area contributed by atoms with Gasteiger partial charge in [0.25, 0.3) is 5.91 Å². The van der Waals surface area contributed by atoms with Crippen LogP contribution in [0.3, 0.4) is 0 Å². The Hall–Kier alpha value is -1.89. The van der Waals surface area contributed by atoms with E-state index in [9.17, 15) is 9.59 Å². The highest BCUT2D eigenvalue weighted by Crippen LogP contribution is 2.39. The van der Waals surface area contributed by atoms with Crippen molar-refractivity contribution in [3.05, 3.63) is 18.2 Å². The van der Waals surface area contributed by atoms with E-state index in [1.54, 1.807) is 24.2 Å². The Morgan fingerprint density at radius 3 is 2.92 bits per heavy atom. The van der Waals surface area contributed by atoms with Crippen LogP contribution in [0.15, 0.2) is 12.5 Å². The molecule has 2 aliphatic heterocycles. The van der Waals surface area contributed by atoms with Gasteiger partial charge in [-0.25, -0.2) is 4.98 Å². The number of aryl methyl sites for hydroxylation is 1. The quantitative estimate of drug-likeness (QED) is 0.821. The van der Waals surface area contributed by atoms with Crippen LogP contribution in [0.1, 0.15) is 36.2 Å². The molecule has 2 aliphatic rings. The summed E-state index contributed by atoms with van der Waals surface area (Å²) >= 11 is 0. The van der Waals surface area contributed by atoms with Gasteiger partial charge in [-0.05, 0) is 19.3 Å². The molecule has 7 heteroatoms.